The number of nitrogens with one attached hydrogen (secondary N) is 1. The highest BCUT2D eigenvalue weighted by Gasteiger charge is 2.05. The minimum atomic E-state index is -0.0671. The van der Waals surface area contributed by atoms with Crippen molar-refractivity contribution in [1.29, 1.82) is 0 Å². The maximum absolute atomic E-state index is 10.4. The SMILES string of the molecule is CNC(CO)CC(C)=O. The van der Waals surface area contributed by atoms with Crippen LogP contribution in [0.2, 0.25) is 0 Å². The van der Waals surface area contributed by atoms with Gasteiger partial charge in [0.2, 0.25) is 0 Å². The Morgan fingerprint density at radius 2 is 2.33 bits per heavy atom. The zero-order valence-corrected chi connectivity index (χ0v) is 5.85. The standard InChI is InChI=1S/C6H13NO2/c1-5(9)3-6(4-8)7-2/h6-8H,3-4H2,1-2H3. The Morgan fingerprint density at radius 3 is 2.44 bits per heavy atom. The first kappa shape index (κ1) is 8.59. The maximum Gasteiger partial charge on any atom is 0.131 e. The van der Waals surface area contributed by atoms with Crippen LogP contribution in [0.3, 0.4) is 0 Å². The van der Waals surface area contributed by atoms with Gasteiger partial charge in [0.05, 0.1) is 6.61 Å². The number of likely N-dealkylation sites (N-methyl/N-ethyl adjacent to an activating group) is 1. The van der Waals surface area contributed by atoms with Crippen molar-refractivity contribution < 1.29 is 9.90 Å². The highest BCUT2D eigenvalue weighted by Crippen LogP contribution is 1.89. The van der Waals surface area contributed by atoms with Crippen molar-refractivity contribution in [1.82, 2.24) is 5.32 Å². The number of rotatable bonds is 4. The molecule has 0 aromatic heterocycles. The summed E-state index contributed by atoms with van der Waals surface area (Å²) in [5, 5.41) is 11.4. The molecule has 0 fully saturated rings. The zero-order valence-electron chi connectivity index (χ0n) is 5.85. The van der Waals surface area contributed by atoms with E-state index in [4.69, 9.17) is 5.11 Å². The van der Waals surface area contributed by atoms with Crippen LogP contribution in [0.25, 0.3) is 0 Å². The van der Waals surface area contributed by atoms with E-state index in [0.717, 1.165) is 0 Å². The molecule has 54 valence electrons. The van der Waals surface area contributed by atoms with Crippen molar-refractivity contribution in [2.24, 2.45) is 0 Å². The molecule has 0 aliphatic heterocycles. The second-order valence-electron chi connectivity index (χ2n) is 2.07. The lowest BCUT2D eigenvalue weighted by Gasteiger charge is -2.08. The summed E-state index contributed by atoms with van der Waals surface area (Å²) in [4.78, 5) is 10.4. The van der Waals surface area contributed by atoms with Gasteiger partial charge in [-0.15, -0.1) is 0 Å². The fourth-order valence-electron chi connectivity index (χ4n) is 0.605. The number of ketones is 1. The molecule has 0 rings (SSSR count). The summed E-state index contributed by atoms with van der Waals surface area (Å²) in [7, 11) is 1.73. The number of hydrogen-bond donors (Lipinski definition) is 2. The Bertz CT molecular complexity index is 89.1. The molecular weight excluding hydrogens is 118 g/mol. The van der Waals surface area contributed by atoms with Gasteiger partial charge in [0.25, 0.3) is 0 Å². The van der Waals surface area contributed by atoms with Crippen molar-refractivity contribution >= 4 is 5.78 Å². The molecule has 0 aliphatic carbocycles. The summed E-state index contributed by atoms with van der Waals surface area (Å²) in [6, 6.07) is -0.0671. The van der Waals surface area contributed by atoms with Gasteiger partial charge in [-0.25, -0.2) is 0 Å². The van der Waals surface area contributed by atoms with Gasteiger partial charge < -0.3 is 10.4 Å². The molecule has 0 amide bonds. The molecule has 0 spiro atoms. The predicted octanol–water partition coefficient (Wildman–Crippen LogP) is -0.454. The topological polar surface area (TPSA) is 49.3 Å². The molecule has 3 nitrogen and oxygen atoms in total. The van der Waals surface area contributed by atoms with E-state index < -0.39 is 0 Å². The monoisotopic (exact) mass is 131 g/mol. The smallest absolute Gasteiger partial charge is 0.131 e. The van der Waals surface area contributed by atoms with Crippen LogP contribution in [-0.2, 0) is 4.79 Å². The quantitative estimate of drug-likeness (QED) is 0.543. The third kappa shape index (κ3) is 4.12. The third-order valence-electron chi connectivity index (χ3n) is 1.16. The van der Waals surface area contributed by atoms with E-state index in [1.807, 2.05) is 0 Å². The Labute approximate surface area is 55.1 Å². The Balaban J connectivity index is 3.43. The highest BCUT2D eigenvalue weighted by molar-refractivity contribution is 5.76. The van der Waals surface area contributed by atoms with Gasteiger partial charge in [0.15, 0.2) is 0 Å². The molecule has 3 heteroatoms. The fraction of sp³-hybridized carbons (Fsp3) is 0.833. The maximum atomic E-state index is 10.4. The normalized spacial score (nSPS) is 13.2. The summed E-state index contributed by atoms with van der Waals surface area (Å²) < 4.78 is 0. The van der Waals surface area contributed by atoms with E-state index in [2.05, 4.69) is 5.32 Å². The summed E-state index contributed by atoms with van der Waals surface area (Å²) in [5.74, 6) is 0.100. The molecular formula is C6H13NO2. The molecule has 0 saturated heterocycles. The van der Waals surface area contributed by atoms with E-state index in [1.54, 1.807) is 7.05 Å². The van der Waals surface area contributed by atoms with Gasteiger partial charge in [-0.05, 0) is 14.0 Å². The molecule has 0 bridgehead atoms. The van der Waals surface area contributed by atoms with Crippen LogP contribution in [-0.4, -0.2) is 30.6 Å². The van der Waals surface area contributed by atoms with Crippen molar-refractivity contribution in [3.8, 4) is 0 Å². The lowest BCUT2D eigenvalue weighted by molar-refractivity contribution is -0.117. The number of carbonyl (C=O) groups is 1. The number of hydrogen-bond acceptors (Lipinski definition) is 3. The third-order valence-corrected chi connectivity index (χ3v) is 1.16. The van der Waals surface area contributed by atoms with Crippen LogP contribution in [0.4, 0.5) is 0 Å². The largest absolute Gasteiger partial charge is 0.395 e. The lowest BCUT2D eigenvalue weighted by Crippen LogP contribution is -2.30. The number of Topliss-reactive ketones (excluding diaryl/α,β-unsaturated/α-hetero) is 1. The van der Waals surface area contributed by atoms with Crippen LogP contribution in [0.5, 0.6) is 0 Å². The lowest BCUT2D eigenvalue weighted by atomic mass is 10.2. The van der Waals surface area contributed by atoms with Gasteiger partial charge >= 0.3 is 0 Å². The summed E-state index contributed by atoms with van der Waals surface area (Å²) in [6.07, 6.45) is 0.410. The summed E-state index contributed by atoms with van der Waals surface area (Å²) in [6.45, 7) is 1.54. The zero-order chi connectivity index (χ0) is 7.28. The minimum Gasteiger partial charge on any atom is -0.395 e. The van der Waals surface area contributed by atoms with Crippen LogP contribution < -0.4 is 5.32 Å². The summed E-state index contributed by atoms with van der Waals surface area (Å²) in [5.41, 5.74) is 0. The van der Waals surface area contributed by atoms with Gasteiger partial charge in [0.1, 0.15) is 5.78 Å². The molecule has 9 heavy (non-hydrogen) atoms. The van der Waals surface area contributed by atoms with E-state index in [9.17, 15) is 4.79 Å². The van der Waals surface area contributed by atoms with E-state index in [-0.39, 0.29) is 18.4 Å². The van der Waals surface area contributed by atoms with Crippen molar-refractivity contribution in [2.45, 2.75) is 19.4 Å². The van der Waals surface area contributed by atoms with Gasteiger partial charge in [0, 0.05) is 12.5 Å². The average Bonchev–Trinajstić information content (AvgIpc) is 1.82. The van der Waals surface area contributed by atoms with Gasteiger partial charge in [-0.3, -0.25) is 4.79 Å². The number of aliphatic hydroxyl groups is 1. The van der Waals surface area contributed by atoms with Gasteiger partial charge in [-0.1, -0.05) is 0 Å². The van der Waals surface area contributed by atoms with Crippen LogP contribution in [0.15, 0.2) is 0 Å². The Kier molecular flexibility index (Phi) is 4.26. The molecule has 0 aromatic rings. The Hall–Kier alpha value is -0.410. The highest BCUT2D eigenvalue weighted by atomic mass is 16.3. The number of aliphatic hydroxyl groups excluding tert-OH is 1. The summed E-state index contributed by atoms with van der Waals surface area (Å²) >= 11 is 0. The average molecular weight is 131 g/mol. The first-order valence-electron chi connectivity index (χ1n) is 2.98. The molecule has 0 aromatic carbocycles. The molecule has 0 saturated carbocycles. The predicted molar refractivity (Wildman–Crippen MR) is 35.2 cm³/mol. The first-order chi connectivity index (χ1) is 4.20. The van der Waals surface area contributed by atoms with E-state index >= 15 is 0 Å². The van der Waals surface area contributed by atoms with Gasteiger partial charge in [-0.2, -0.15) is 0 Å². The second-order valence-corrected chi connectivity index (χ2v) is 2.07. The van der Waals surface area contributed by atoms with Crippen LogP contribution >= 0.6 is 0 Å². The minimum absolute atomic E-state index is 0.0239. The first-order valence-corrected chi connectivity index (χ1v) is 2.98. The molecule has 0 radical (unpaired) electrons. The molecule has 2 N–H and O–H groups in total. The van der Waals surface area contributed by atoms with E-state index in [1.165, 1.54) is 6.92 Å². The van der Waals surface area contributed by atoms with Crippen LogP contribution in [0.1, 0.15) is 13.3 Å². The van der Waals surface area contributed by atoms with Crippen molar-refractivity contribution in [3.05, 3.63) is 0 Å². The van der Waals surface area contributed by atoms with E-state index in [0.29, 0.717) is 6.42 Å². The molecule has 0 heterocycles. The fourth-order valence-corrected chi connectivity index (χ4v) is 0.605. The van der Waals surface area contributed by atoms with Crippen molar-refractivity contribution in [2.75, 3.05) is 13.7 Å². The van der Waals surface area contributed by atoms with Crippen molar-refractivity contribution in [3.63, 3.8) is 0 Å². The molecule has 1 atom stereocenters. The Morgan fingerprint density at radius 1 is 1.78 bits per heavy atom. The number of carbonyl (C=O) groups excluding carboxylic acids is 1. The molecule has 1 unspecified atom stereocenters. The molecule has 0 aliphatic rings. The van der Waals surface area contributed by atoms with Crippen LogP contribution in [0, 0.1) is 0 Å². The second kappa shape index (κ2) is 4.47.